The Hall–Kier alpha value is -4.26. The Morgan fingerprint density at radius 2 is 1.62 bits per heavy atom. The van der Waals surface area contributed by atoms with E-state index in [9.17, 15) is 27.2 Å². The molecule has 0 bridgehead atoms. The number of methoxy groups -OCH3 is 1. The first-order chi connectivity index (χ1) is 19.8. The van der Waals surface area contributed by atoms with E-state index in [0.717, 1.165) is 15.6 Å². The first-order valence-electron chi connectivity index (χ1n) is 12.3. The monoisotopic (exact) mass is 653 g/mol. The summed E-state index contributed by atoms with van der Waals surface area (Å²) in [6, 6.07) is 21.3. The summed E-state index contributed by atoms with van der Waals surface area (Å²) in [6.07, 6.45) is -4.50. The van der Waals surface area contributed by atoms with Crippen molar-refractivity contribution in [2.45, 2.75) is 32.0 Å². The lowest BCUT2D eigenvalue weighted by molar-refractivity contribution is -0.192. The quantitative estimate of drug-likeness (QED) is 0.132. The number of ether oxygens (including phenoxy) is 1. The van der Waals surface area contributed by atoms with E-state index in [0.29, 0.717) is 12.0 Å². The number of amides is 2. The number of carboxylic acid groups (broad SMARTS) is 1. The maximum atomic E-state index is 13.7. The molecule has 0 aromatic heterocycles. The summed E-state index contributed by atoms with van der Waals surface area (Å²) in [5.74, 6) is -4.31. The van der Waals surface area contributed by atoms with Crippen LogP contribution in [0.3, 0.4) is 0 Å². The van der Waals surface area contributed by atoms with Crippen molar-refractivity contribution in [2.24, 2.45) is 5.92 Å². The van der Waals surface area contributed by atoms with Gasteiger partial charge in [0.2, 0.25) is 11.8 Å². The smallest absolute Gasteiger partial charge is 0.490 e. The normalized spacial score (nSPS) is 11.4. The molecule has 42 heavy (non-hydrogen) atoms. The Morgan fingerprint density at radius 1 is 1.00 bits per heavy atom. The van der Waals surface area contributed by atoms with Crippen LogP contribution < -0.4 is 15.4 Å². The van der Waals surface area contributed by atoms with E-state index in [1.807, 2.05) is 54.6 Å². The summed E-state index contributed by atoms with van der Waals surface area (Å²) in [4.78, 5) is 34.4. The molecule has 0 aliphatic heterocycles. The van der Waals surface area contributed by atoms with Crippen LogP contribution in [0.5, 0.6) is 5.75 Å². The number of amidine groups is 1. The number of benzene rings is 3. The Kier molecular flexibility index (Phi) is 13.1. The molecule has 224 valence electrons. The molecule has 0 saturated carbocycles. The van der Waals surface area contributed by atoms with E-state index in [1.165, 1.54) is 19.2 Å². The van der Waals surface area contributed by atoms with Crippen molar-refractivity contribution in [1.29, 1.82) is 5.41 Å². The molecule has 1 atom stereocenters. The second kappa shape index (κ2) is 16.2. The Morgan fingerprint density at radius 3 is 2.21 bits per heavy atom. The van der Waals surface area contributed by atoms with Gasteiger partial charge in [-0.3, -0.25) is 15.0 Å². The fourth-order valence-electron chi connectivity index (χ4n) is 3.63. The molecular weight excluding hydrogens is 626 g/mol. The Bertz CT molecular complexity index is 1390. The van der Waals surface area contributed by atoms with Gasteiger partial charge in [0.05, 0.1) is 13.5 Å². The molecule has 4 N–H and O–H groups in total. The summed E-state index contributed by atoms with van der Waals surface area (Å²) in [7, 11) is 1.38. The van der Waals surface area contributed by atoms with E-state index >= 15 is 0 Å². The molecule has 3 aromatic carbocycles. The van der Waals surface area contributed by atoms with Gasteiger partial charge in [-0.25, -0.2) is 9.18 Å². The standard InChI is InChI=1S/C27H27BrFN3O3.C2HF3O2/c1-35-24-14-19(11-12-23(24)29)17-31-27(34)21(13-18-7-3-2-4-8-18)15-25(30)32-26(33)16-20-9-5-6-10-22(20)28;3-2(4,5)1(6)7/h2-12,14,21H,13,15-17H2,1H3,(H,31,34)(H2,30,32,33);(H,6,7)/t21-;/m0./s1. The van der Waals surface area contributed by atoms with Crippen LogP contribution >= 0.6 is 15.9 Å². The number of halogens is 5. The molecule has 0 fully saturated rings. The molecule has 0 aliphatic carbocycles. The molecule has 3 rings (SSSR count). The second-order valence-corrected chi connectivity index (χ2v) is 9.73. The van der Waals surface area contributed by atoms with Gasteiger partial charge in [-0.1, -0.05) is 70.5 Å². The van der Waals surface area contributed by atoms with E-state index in [2.05, 4.69) is 26.6 Å². The molecule has 8 nitrogen and oxygen atoms in total. The van der Waals surface area contributed by atoms with Crippen molar-refractivity contribution in [2.75, 3.05) is 7.11 Å². The third kappa shape index (κ3) is 11.7. The summed E-state index contributed by atoms with van der Waals surface area (Å²) >= 11 is 3.42. The van der Waals surface area contributed by atoms with Crippen molar-refractivity contribution in [3.63, 3.8) is 0 Å². The highest BCUT2D eigenvalue weighted by atomic mass is 79.9. The Labute approximate surface area is 247 Å². The third-order valence-corrected chi connectivity index (χ3v) is 6.44. The van der Waals surface area contributed by atoms with Crippen LogP contribution in [0.15, 0.2) is 77.3 Å². The molecule has 0 unspecified atom stereocenters. The van der Waals surface area contributed by atoms with Crippen molar-refractivity contribution < 1.29 is 41.8 Å². The van der Waals surface area contributed by atoms with Crippen molar-refractivity contribution in [3.05, 3.63) is 99.8 Å². The number of carboxylic acids is 1. The minimum Gasteiger partial charge on any atom is -0.494 e. The number of rotatable bonds is 10. The summed E-state index contributed by atoms with van der Waals surface area (Å²) in [6.45, 7) is 0.183. The molecule has 3 aromatic rings. The predicted octanol–water partition coefficient (Wildman–Crippen LogP) is 5.43. The molecule has 13 heteroatoms. The minimum atomic E-state index is -5.08. The zero-order chi connectivity index (χ0) is 31.3. The SMILES string of the molecule is COc1cc(CNC(=O)[C@H](CC(=N)NC(=O)Cc2ccccc2Br)Cc2ccccc2)ccc1F.O=C(O)C(F)(F)F. The zero-order valence-electron chi connectivity index (χ0n) is 22.3. The van der Waals surface area contributed by atoms with Gasteiger partial charge in [0.15, 0.2) is 11.6 Å². The third-order valence-electron chi connectivity index (χ3n) is 5.67. The van der Waals surface area contributed by atoms with E-state index < -0.39 is 23.9 Å². The summed E-state index contributed by atoms with van der Waals surface area (Å²) in [5, 5.41) is 20.9. The van der Waals surface area contributed by atoms with Gasteiger partial charge in [-0.2, -0.15) is 13.2 Å². The molecule has 0 saturated heterocycles. The molecular formula is C29H28BrF4N3O5. The number of hydrogen-bond acceptors (Lipinski definition) is 5. The van der Waals surface area contributed by atoms with Crippen molar-refractivity contribution >= 4 is 39.5 Å². The van der Waals surface area contributed by atoms with Crippen LogP contribution in [-0.2, 0) is 33.8 Å². The van der Waals surface area contributed by atoms with Gasteiger partial charge >= 0.3 is 12.1 Å². The first-order valence-corrected chi connectivity index (χ1v) is 13.1. The summed E-state index contributed by atoms with van der Waals surface area (Å²) in [5.41, 5.74) is 2.45. The number of nitrogens with one attached hydrogen (secondary N) is 3. The van der Waals surface area contributed by atoms with Crippen LogP contribution in [0, 0.1) is 17.1 Å². The fraction of sp³-hybridized carbons (Fsp3) is 0.241. The van der Waals surface area contributed by atoms with Crippen molar-refractivity contribution in [1.82, 2.24) is 10.6 Å². The van der Waals surface area contributed by atoms with Gasteiger partial charge in [0.1, 0.15) is 5.84 Å². The van der Waals surface area contributed by atoms with Gasteiger partial charge in [-0.15, -0.1) is 0 Å². The lowest BCUT2D eigenvalue weighted by atomic mass is 9.94. The summed E-state index contributed by atoms with van der Waals surface area (Å²) < 4.78 is 51.2. The van der Waals surface area contributed by atoms with E-state index in [4.69, 9.17) is 20.0 Å². The lowest BCUT2D eigenvalue weighted by Crippen LogP contribution is -2.38. The highest BCUT2D eigenvalue weighted by Crippen LogP contribution is 2.19. The number of aliphatic carboxylic acids is 1. The van der Waals surface area contributed by atoms with Gasteiger partial charge in [-0.05, 0) is 41.3 Å². The van der Waals surface area contributed by atoms with E-state index in [-0.39, 0.29) is 42.8 Å². The average Bonchev–Trinajstić information content (AvgIpc) is 2.93. The van der Waals surface area contributed by atoms with Gasteiger partial charge < -0.3 is 20.5 Å². The van der Waals surface area contributed by atoms with Crippen LogP contribution in [0.4, 0.5) is 17.6 Å². The maximum Gasteiger partial charge on any atom is 0.490 e. The number of hydrogen-bond donors (Lipinski definition) is 4. The highest BCUT2D eigenvalue weighted by molar-refractivity contribution is 9.10. The topological polar surface area (TPSA) is 129 Å². The van der Waals surface area contributed by atoms with E-state index in [1.54, 1.807) is 6.07 Å². The van der Waals surface area contributed by atoms with Crippen LogP contribution in [-0.4, -0.2) is 42.0 Å². The zero-order valence-corrected chi connectivity index (χ0v) is 23.9. The van der Waals surface area contributed by atoms with Gasteiger partial charge in [0.25, 0.3) is 0 Å². The van der Waals surface area contributed by atoms with Crippen molar-refractivity contribution in [3.8, 4) is 5.75 Å². The largest absolute Gasteiger partial charge is 0.494 e. The predicted molar refractivity (Wildman–Crippen MR) is 150 cm³/mol. The Balaban J connectivity index is 0.000000782. The molecule has 2 amide bonds. The number of alkyl halides is 3. The average molecular weight is 654 g/mol. The van der Waals surface area contributed by atoms with Crippen LogP contribution in [0.1, 0.15) is 23.1 Å². The van der Waals surface area contributed by atoms with Crippen LogP contribution in [0.25, 0.3) is 0 Å². The lowest BCUT2D eigenvalue weighted by Gasteiger charge is -2.18. The molecule has 0 heterocycles. The highest BCUT2D eigenvalue weighted by Gasteiger charge is 2.38. The van der Waals surface area contributed by atoms with Gasteiger partial charge in [0, 0.05) is 23.4 Å². The fourth-order valence-corrected chi connectivity index (χ4v) is 4.05. The van der Waals surface area contributed by atoms with Crippen LogP contribution in [0.2, 0.25) is 0 Å². The second-order valence-electron chi connectivity index (χ2n) is 8.88. The number of carbonyl (C=O) groups excluding carboxylic acids is 2. The molecule has 0 radical (unpaired) electrons. The first kappa shape index (κ1) is 33.9. The number of carbonyl (C=O) groups is 3. The molecule has 0 aliphatic rings. The minimum absolute atomic E-state index is 0.0263. The molecule has 0 spiro atoms. The maximum absolute atomic E-state index is 13.7.